The van der Waals surface area contributed by atoms with E-state index in [9.17, 15) is 13.2 Å². The number of nitrogens with zero attached hydrogens (tertiary/aromatic N) is 1. The van der Waals surface area contributed by atoms with E-state index in [0.29, 0.717) is 25.9 Å². The number of hydrogen-bond acceptors (Lipinski definition) is 3. The van der Waals surface area contributed by atoms with Gasteiger partial charge in [0, 0.05) is 24.5 Å². The Hall–Kier alpha value is -0.620. The minimum absolute atomic E-state index is 0.0421. The molecule has 128 valence electrons. The predicted molar refractivity (Wildman–Crippen MR) is 87.9 cm³/mol. The number of sulfonamides is 1. The molecule has 2 rings (SSSR count). The Kier molecular flexibility index (Phi) is 5.54. The standard InChI is InChI=1S/C16H30N2O3S/c1-4-22(20,21)18-11-7-14(8-12-18)15(19)17-16(3)9-5-13(2)6-10-16/h13-14H,4-12H2,1-3H3,(H,17,19). The number of nitrogens with one attached hydrogen (secondary N) is 1. The lowest BCUT2D eigenvalue weighted by molar-refractivity contribution is -0.128. The van der Waals surface area contributed by atoms with Gasteiger partial charge in [0.15, 0.2) is 0 Å². The zero-order valence-electron chi connectivity index (χ0n) is 14.1. The lowest BCUT2D eigenvalue weighted by Gasteiger charge is -2.39. The van der Waals surface area contributed by atoms with Crippen molar-refractivity contribution in [1.82, 2.24) is 9.62 Å². The summed E-state index contributed by atoms with van der Waals surface area (Å²) in [5.41, 5.74) is -0.0732. The fraction of sp³-hybridized carbons (Fsp3) is 0.938. The molecular formula is C16H30N2O3S. The zero-order valence-corrected chi connectivity index (χ0v) is 14.9. The average Bonchev–Trinajstić information content (AvgIpc) is 2.50. The summed E-state index contributed by atoms with van der Waals surface area (Å²) in [4.78, 5) is 12.5. The molecule has 5 nitrogen and oxygen atoms in total. The zero-order chi connectivity index (χ0) is 16.4. The molecule has 1 aliphatic heterocycles. The van der Waals surface area contributed by atoms with Crippen molar-refractivity contribution in [3.8, 4) is 0 Å². The Morgan fingerprint density at radius 1 is 1.18 bits per heavy atom. The Morgan fingerprint density at radius 3 is 2.23 bits per heavy atom. The van der Waals surface area contributed by atoms with Crippen LogP contribution < -0.4 is 5.32 Å². The lowest BCUT2D eigenvalue weighted by atomic mass is 9.78. The highest BCUT2D eigenvalue weighted by atomic mass is 32.2. The average molecular weight is 330 g/mol. The molecular weight excluding hydrogens is 300 g/mol. The summed E-state index contributed by atoms with van der Waals surface area (Å²) in [7, 11) is -3.11. The summed E-state index contributed by atoms with van der Waals surface area (Å²) < 4.78 is 25.2. The Labute approximate surface area is 134 Å². The van der Waals surface area contributed by atoms with Gasteiger partial charge in [-0.1, -0.05) is 6.92 Å². The molecule has 22 heavy (non-hydrogen) atoms. The van der Waals surface area contributed by atoms with Gasteiger partial charge in [-0.05, 0) is 58.3 Å². The van der Waals surface area contributed by atoms with Crippen molar-refractivity contribution in [1.29, 1.82) is 0 Å². The summed E-state index contributed by atoms with van der Waals surface area (Å²) >= 11 is 0. The summed E-state index contributed by atoms with van der Waals surface area (Å²) in [6.45, 7) is 7.03. The van der Waals surface area contributed by atoms with Gasteiger partial charge in [-0.2, -0.15) is 0 Å². The van der Waals surface area contributed by atoms with E-state index in [0.717, 1.165) is 18.8 Å². The Morgan fingerprint density at radius 2 is 1.73 bits per heavy atom. The van der Waals surface area contributed by atoms with Crippen LogP contribution in [0.4, 0.5) is 0 Å². The first-order chi connectivity index (χ1) is 10.3. The fourth-order valence-corrected chi connectivity index (χ4v) is 4.63. The van der Waals surface area contributed by atoms with Crippen molar-refractivity contribution < 1.29 is 13.2 Å². The first-order valence-electron chi connectivity index (χ1n) is 8.55. The van der Waals surface area contributed by atoms with Crippen LogP contribution in [0.5, 0.6) is 0 Å². The lowest BCUT2D eigenvalue weighted by Crippen LogP contribution is -2.52. The van der Waals surface area contributed by atoms with E-state index in [2.05, 4.69) is 19.2 Å². The van der Waals surface area contributed by atoms with Crippen LogP contribution in [0, 0.1) is 11.8 Å². The van der Waals surface area contributed by atoms with Gasteiger partial charge in [0.2, 0.25) is 15.9 Å². The van der Waals surface area contributed by atoms with E-state index in [-0.39, 0.29) is 23.1 Å². The minimum Gasteiger partial charge on any atom is -0.351 e. The predicted octanol–water partition coefficient (Wildman–Crippen LogP) is 2.13. The maximum atomic E-state index is 12.5. The normalized spacial score (nSPS) is 31.9. The Bertz CT molecular complexity index is 488. The molecule has 0 unspecified atom stereocenters. The van der Waals surface area contributed by atoms with Crippen LogP contribution >= 0.6 is 0 Å². The molecule has 1 heterocycles. The molecule has 0 radical (unpaired) electrons. The van der Waals surface area contributed by atoms with Crippen molar-refractivity contribution in [3.05, 3.63) is 0 Å². The quantitative estimate of drug-likeness (QED) is 0.859. The number of carbonyl (C=O) groups excluding carboxylic acids is 1. The van der Waals surface area contributed by atoms with Gasteiger partial charge >= 0.3 is 0 Å². The second-order valence-electron chi connectivity index (χ2n) is 7.31. The molecule has 0 atom stereocenters. The molecule has 1 saturated carbocycles. The summed E-state index contributed by atoms with van der Waals surface area (Å²) in [5.74, 6) is 0.970. The SMILES string of the molecule is CCS(=O)(=O)N1CCC(C(=O)NC2(C)CCC(C)CC2)CC1. The largest absolute Gasteiger partial charge is 0.351 e. The third-order valence-electron chi connectivity index (χ3n) is 5.39. The van der Waals surface area contributed by atoms with Crippen LogP contribution in [0.1, 0.15) is 59.3 Å². The third kappa shape index (κ3) is 4.22. The molecule has 0 aromatic rings. The van der Waals surface area contributed by atoms with E-state index in [4.69, 9.17) is 0 Å². The highest BCUT2D eigenvalue weighted by Gasteiger charge is 2.35. The first kappa shape index (κ1) is 17.7. The Balaban J connectivity index is 1.85. The second kappa shape index (κ2) is 6.87. The highest BCUT2D eigenvalue weighted by molar-refractivity contribution is 7.89. The minimum atomic E-state index is -3.11. The number of hydrogen-bond donors (Lipinski definition) is 1. The molecule has 0 aromatic carbocycles. The molecule has 1 saturated heterocycles. The monoisotopic (exact) mass is 330 g/mol. The molecule has 6 heteroatoms. The van der Waals surface area contributed by atoms with Gasteiger partial charge < -0.3 is 5.32 Å². The molecule has 1 amide bonds. The van der Waals surface area contributed by atoms with Crippen molar-refractivity contribution in [2.75, 3.05) is 18.8 Å². The van der Waals surface area contributed by atoms with E-state index in [1.54, 1.807) is 6.92 Å². The maximum Gasteiger partial charge on any atom is 0.223 e. The molecule has 1 aliphatic carbocycles. The van der Waals surface area contributed by atoms with Crippen LogP contribution in [0.2, 0.25) is 0 Å². The number of piperidine rings is 1. The van der Waals surface area contributed by atoms with Crippen LogP contribution in [0.3, 0.4) is 0 Å². The van der Waals surface area contributed by atoms with Gasteiger partial charge in [0.1, 0.15) is 0 Å². The summed E-state index contributed by atoms with van der Waals surface area (Å²) in [5, 5.41) is 3.25. The summed E-state index contributed by atoms with van der Waals surface area (Å²) in [6.07, 6.45) is 5.70. The van der Waals surface area contributed by atoms with Crippen LogP contribution in [0.15, 0.2) is 0 Å². The van der Waals surface area contributed by atoms with Gasteiger partial charge in [0.05, 0.1) is 5.75 Å². The second-order valence-corrected chi connectivity index (χ2v) is 9.56. The summed E-state index contributed by atoms with van der Waals surface area (Å²) in [6, 6.07) is 0. The van der Waals surface area contributed by atoms with Crippen molar-refractivity contribution in [2.45, 2.75) is 64.8 Å². The maximum absolute atomic E-state index is 12.5. The van der Waals surface area contributed by atoms with Crippen molar-refractivity contribution >= 4 is 15.9 Å². The van der Waals surface area contributed by atoms with Gasteiger partial charge in [0.25, 0.3) is 0 Å². The molecule has 0 aromatic heterocycles. The van der Waals surface area contributed by atoms with E-state index < -0.39 is 10.0 Å². The molecule has 2 aliphatic rings. The molecule has 2 fully saturated rings. The number of amides is 1. The van der Waals surface area contributed by atoms with E-state index in [1.165, 1.54) is 17.1 Å². The van der Waals surface area contributed by atoms with Crippen LogP contribution in [0.25, 0.3) is 0 Å². The van der Waals surface area contributed by atoms with E-state index >= 15 is 0 Å². The third-order valence-corrected chi connectivity index (χ3v) is 7.27. The van der Waals surface area contributed by atoms with E-state index in [1.807, 2.05) is 0 Å². The van der Waals surface area contributed by atoms with Gasteiger partial charge in [-0.15, -0.1) is 0 Å². The first-order valence-corrected chi connectivity index (χ1v) is 10.2. The topological polar surface area (TPSA) is 66.5 Å². The van der Waals surface area contributed by atoms with Crippen molar-refractivity contribution in [3.63, 3.8) is 0 Å². The number of rotatable bonds is 4. The van der Waals surface area contributed by atoms with Crippen LogP contribution in [-0.2, 0) is 14.8 Å². The van der Waals surface area contributed by atoms with Crippen molar-refractivity contribution in [2.24, 2.45) is 11.8 Å². The molecule has 1 N–H and O–H groups in total. The van der Waals surface area contributed by atoms with Gasteiger partial charge in [-0.25, -0.2) is 12.7 Å². The van der Waals surface area contributed by atoms with Gasteiger partial charge in [-0.3, -0.25) is 4.79 Å². The molecule has 0 bridgehead atoms. The fourth-order valence-electron chi connectivity index (χ4n) is 3.50. The number of carbonyl (C=O) groups is 1. The smallest absolute Gasteiger partial charge is 0.223 e. The highest BCUT2D eigenvalue weighted by Crippen LogP contribution is 2.32. The van der Waals surface area contributed by atoms with Crippen LogP contribution in [-0.4, -0.2) is 43.0 Å². The molecule has 0 spiro atoms.